The molecule has 8 heteroatoms. The summed E-state index contributed by atoms with van der Waals surface area (Å²) < 4.78 is 6.05. The highest BCUT2D eigenvalue weighted by atomic mass is 35.5. The van der Waals surface area contributed by atoms with E-state index in [1.54, 1.807) is 0 Å². The fourth-order valence-corrected chi connectivity index (χ4v) is 4.70. The van der Waals surface area contributed by atoms with Crippen molar-refractivity contribution in [2.24, 2.45) is 0 Å². The smallest absolute Gasteiger partial charge is 0.229 e. The maximum Gasteiger partial charge on any atom is 0.229 e. The van der Waals surface area contributed by atoms with Gasteiger partial charge in [-0.05, 0) is 41.5 Å². The number of benzene rings is 3. The van der Waals surface area contributed by atoms with Crippen LogP contribution in [0.5, 0.6) is 5.75 Å². The van der Waals surface area contributed by atoms with Crippen molar-refractivity contribution >= 4 is 34.9 Å². The van der Waals surface area contributed by atoms with Gasteiger partial charge in [0.25, 0.3) is 0 Å². The molecule has 0 aliphatic carbocycles. The summed E-state index contributed by atoms with van der Waals surface area (Å²) in [6.07, 6.45) is 0. The van der Waals surface area contributed by atoms with Crippen molar-refractivity contribution in [2.45, 2.75) is 6.61 Å². The Kier molecular flexibility index (Phi) is 7.32. The lowest BCUT2D eigenvalue weighted by Crippen LogP contribution is -2.47. The summed E-state index contributed by atoms with van der Waals surface area (Å²) in [6, 6.07) is 26.0. The third-order valence-electron chi connectivity index (χ3n) is 6.44. The van der Waals surface area contributed by atoms with E-state index in [9.17, 15) is 0 Å². The number of aromatic nitrogens is 2. The zero-order valence-corrected chi connectivity index (χ0v) is 21.9. The molecule has 0 amide bonds. The minimum atomic E-state index is 0.450. The first kappa shape index (κ1) is 24.7. The Balaban J connectivity index is 1.36. The van der Waals surface area contributed by atoms with Crippen LogP contribution in [0.15, 0.2) is 78.9 Å². The summed E-state index contributed by atoms with van der Waals surface area (Å²) in [6.45, 7) is 3.78. The Bertz CT molecular complexity index is 1360. The summed E-state index contributed by atoms with van der Waals surface area (Å²) in [5.74, 6) is 2.64. The van der Waals surface area contributed by atoms with E-state index in [0.717, 1.165) is 65.1 Å². The standard InChI is InChI=1S/C29H31ClN6O/c1-34(2)28-26(22-10-6-13-25(18-22)37-20-21-8-4-3-5-9-21)27(31)32-29(33-28)36-16-14-35(15-17-36)24-12-7-11-23(30)19-24/h3-13,18-19H,14-17,20H2,1-2H3,(H2,31,32,33). The fourth-order valence-electron chi connectivity index (χ4n) is 4.52. The molecule has 2 heterocycles. The lowest BCUT2D eigenvalue weighted by atomic mass is 10.1. The highest BCUT2D eigenvalue weighted by molar-refractivity contribution is 6.30. The number of hydrogen-bond acceptors (Lipinski definition) is 7. The highest BCUT2D eigenvalue weighted by Gasteiger charge is 2.23. The number of halogens is 1. The van der Waals surface area contributed by atoms with Crippen molar-refractivity contribution in [3.8, 4) is 16.9 Å². The van der Waals surface area contributed by atoms with Gasteiger partial charge in [-0.2, -0.15) is 9.97 Å². The van der Waals surface area contributed by atoms with Gasteiger partial charge in [0.1, 0.15) is 24.0 Å². The Hall–Kier alpha value is -3.97. The van der Waals surface area contributed by atoms with Crippen LogP contribution in [0.1, 0.15) is 5.56 Å². The minimum Gasteiger partial charge on any atom is -0.489 e. The van der Waals surface area contributed by atoms with E-state index in [-0.39, 0.29) is 0 Å². The van der Waals surface area contributed by atoms with Gasteiger partial charge in [0.2, 0.25) is 5.95 Å². The molecular formula is C29H31ClN6O. The Morgan fingerprint density at radius 3 is 2.32 bits per heavy atom. The van der Waals surface area contributed by atoms with Crippen LogP contribution in [0, 0.1) is 0 Å². The first-order valence-corrected chi connectivity index (χ1v) is 12.7. The molecule has 7 nitrogen and oxygen atoms in total. The minimum absolute atomic E-state index is 0.450. The first-order valence-electron chi connectivity index (χ1n) is 12.4. The number of hydrogen-bond donors (Lipinski definition) is 1. The highest BCUT2D eigenvalue weighted by Crippen LogP contribution is 2.36. The summed E-state index contributed by atoms with van der Waals surface area (Å²) in [5.41, 5.74) is 10.5. The largest absolute Gasteiger partial charge is 0.489 e. The number of nitrogen functional groups attached to an aromatic ring is 1. The maximum atomic E-state index is 6.58. The average Bonchev–Trinajstić information content (AvgIpc) is 2.92. The van der Waals surface area contributed by atoms with Gasteiger partial charge < -0.3 is 25.2 Å². The third kappa shape index (κ3) is 5.73. The maximum absolute atomic E-state index is 6.58. The topological polar surface area (TPSA) is 70.8 Å². The van der Waals surface area contributed by atoms with Crippen molar-refractivity contribution in [3.63, 3.8) is 0 Å². The normalized spacial score (nSPS) is 13.5. The third-order valence-corrected chi connectivity index (χ3v) is 6.67. The molecule has 4 aromatic rings. The number of nitrogens with two attached hydrogens (primary N) is 1. The molecule has 1 aliphatic rings. The van der Waals surface area contributed by atoms with E-state index in [2.05, 4.69) is 15.9 Å². The predicted molar refractivity (Wildman–Crippen MR) is 153 cm³/mol. The molecule has 0 spiro atoms. The molecule has 1 aromatic heterocycles. The van der Waals surface area contributed by atoms with Crippen LogP contribution in [0.3, 0.4) is 0 Å². The van der Waals surface area contributed by atoms with Crippen molar-refractivity contribution in [3.05, 3.63) is 89.4 Å². The number of rotatable bonds is 7. The van der Waals surface area contributed by atoms with Gasteiger partial charge >= 0.3 is 0 Å². The van der Waals surface area contributed by atoms with Crippen molar-refractivity contribution in [2.75, 3.05) is 60.7 Å². The van der Waals surface area contributed by atoms with E-state index in [4.69, 9.17) is 32.0 Å². The monoisotopic (exact) mass is 514 g/mol. The molecule has 0 saturated carbocycles. The molecule has 0 atom stereocenters. The van der Waals surface area contributed by atoms with Crippen LogP contribution in [0.2, 0.25) is 5.02 Å². The number of nitrogens with zero attached hydrogens (tertiary/aromatic N) is 5. The molecular weight excluding hydrogens is 484 g/mol. The summed E-state index contributed by atoms with van der Waals surface area (Å²) in [4.78, 5) is 16.2. The van der Waals surface area contributed by atoms with Gasteiger partial charge in [0.15, 0.2) is 0 Å². The molecule has 1 saturated heterocycles. The van der Waals surface area contributed by atoms with Gasteiger partial charge in [0.05, 0.1) is 5.56 Å². The second-order valence-corrected chi connectivity index (χ2v) is 9.69. The quantitative estimate of drug-likeness (QED) is 0.356. The predicted octanol–water partition coefficient (Wildman–Crippen LogP) is 5.35. The van der Waals surface area contributed by atoms with Gasteiger partial charge in [-0.25, -0.2) is 0 Å². The van der Waals surface area contributed by atoms with E-state index < -0.39 is 0 Å². The average molecular weight is 515 g/mol. The molecule has 2 N–H and O–H groups in total. The van der Waals surface area contributed by atoms with Crippen LogP contribution in [-0.4, -0.2) is 50.2 Å². The zero-order chi connectivity index (χ0) is 25.8. The van der Waals surface area contributed by atoms with E-state index in [1.165, 1.54) is 0 Å². The van der Waals surface area contributed by atoms with Crippen molar-refractivity contribution in [1.82, 2.24) is 9.97 Å². The van der Waals surface area contributed by atoms with Gasteiger partial charge in [-0.1, -0.05) is 60.1 Å². The van der Waals surface area contributed by atoms with E-state index >= 15 is 0 Å². The number of ether oxygens (including phenoxy) is 1. The van der Waals surface area contributed by atoms with Crippen LogP contribution in [0.25, 0.3) is 11.1 Å². The Labute approximate surface area is 223 Å². The fraction of sp³-hybridized carbons (Fsp3) is 0.241. The van der Waals surface area contributed by atoms with Crippen LogP contribution in [-0.2, 0) is 6.61 Å². The molecule has 1 fully saturated rings. The summed E-state index contributed by atoms with van der Waals surface area (Å²) >= 11 is 6.19. The molecule has 0 radical (unpaired) electrons. The van der Waals surface area contributed by atoms with Gasteiger partial charge in [-0.3, -0.25) is 0 Å². The summed E-state index contributed by atoms with van der Waals surface area (Å²) in [7, 11) is 3.95. The lowest BCUT2D eigenvalue weighted by molar-refractivity contribution is 0.306. The zero-order valence-electron chi connectivity index (χ0n) is 21.1. The molecule has 5 rings (SSSR count). The molecule has 0 bridgehead atoms. The van der Waals surface area contributed by atoms with Crippen molar-refractivity contribution < 1.29 is 4.74 Å². The second-order valence-electron chi connectivity index (χ2n) is 9.26. The van der Waals surface area contributed by atoms with E-state index in [0.29, 0.717) is 18.4 Å². The molecule has 3 aromatic carbocycles. The van der Waals surface area contributed by atoms with Crippen LogP contribution >= 0.6 is 11.6 Å². The van der Waals surface area contributed by atoms with Gasteiger partial charge in [0, 0.05) is 51.0 Å². The Morgan fingerprint density at radius 1 is 0.865 bits per heavy atom. The summed E-state index contributed by atoms with van der Waals surface area (Å²) in [5, 5.41) is 0.747. The van der Waals surface area contributed by atoms with E-state index in [1.807, 2.05) is 91.8 Å². The van der Waals surface area contributed by atoms with Crippen LogP contribution in [0.4, 0.5) is 23.3 Å². The molecule has 37 heavy (non-hydrogen) atoms. The SMILES string of the molecule is CN(C)c1nc(N2CCN(c3cccc(Cl)c3)CC2)nc(N)c1-c1cccc(OCc2ccccc2)c1. The van der Waals surface area contributed by atoms with Gasteiger partial charge in [-0.15, -0.1) is 0 Å². The van der Waals surface area contributed by atoms with Crippen molar-refractivity contribution in [1.29, 1.82) is 0 Å². The lowest BCUT2D eigenvalue weighted by Gasteiger charge is -2.36. The molecule has 190 valence electrons. The Morgan fingerprint density at radius 2 is 1.59 bits per heavy atom. The second kappa shape index (κ2) is 11.0. The molecule has 1 aliphatic heterocycles. The number of anilines is 4. The molecule has 0 unspecified atom stereocenters. The number of piperazine rings is 1. The first-order chi connectivity index (χ1) is 18.0. The van der Waals surface area contributed by atoms with Crippen LogP contribution < -0.4 is 25.2 Å².